The summed E-state index contributed by atoms with van der Waals surface area (Å²) in [6.07, 6.45) is 2.22. The lowest BCUT2D eigenvalue weighted by Gasteiger charge is -2.22. The molecule has 0 saturated carbocycles. The Hall–Kier alpha value is -2.42. The van der Waals surface area contributed by atoms with E-state index in [1.165, 1.54) is 12.1 Å². The predicted octanol–water partition coefficient (Wildman–Crippen LogP) is 2.58. The van der Waals surface area contributed by atoms with Gasteiger partial charge in [-0.1, -0.05) is 38.8 Å². The highest BCUT2D eigenvalue weighted by molar-refractivity contribution is 6.21. The monoisotopic (exact) mass is 390 g/mol. The molecule has 0 aliphatic carbocycles. The first-order valence-corrected chi connectivity index (χ1v) is 9.56. The summed E-state index contributed by atoms with van der Waals surface area (Å²) >= 11 is 0. The van der Waals surface area contributed by atoms with E-state index in [4.69, 9.17) is 9.78 Å². The number of nitrogens with one attached hydrogen (secondary N) is 1. The molecule has 8 heteroatoms. The first kappa shape index (κ1) is 21.9. The number of rotatable bonds is 13. The molecule has 1 heterocycles. The molecule has 1 aliphatic heterocycles. The van der Waals surface area contributed by atoms with Gasteiger partial charge in [0.25, 0.3) is 11.8 Å². The van der Waals surface area contributed by atoms with Crippen LogP contribution in [-0.4, -0.2) is 41.2 Å². The smallest absolute Gasteiger partial charge is 0.276 e. The molecule has 0 spiro atoms. The number of amides is 2. The van der Waals surface area contributed by atoms with Crippen LogP contribution in [0.4, 0.5) is 0 Å². The van der Waals surface area contributed by atoms with Gasteiger partial charge in [-0.2, -0.15) is 5.43 Å². The van der Waals surface area contributed by atoms with E-state index in [9.17, 15) is 19.2 Å². The van der Waals surface area contributed by atoms with Crippen LogP contribution in [0.2, 0.25) is 0 Å². The van der Waals surface area contributed by atoms with Gasteiger partial charge in [0.15, 0.2) is 11.6 Å². The molecule has 0 radical (unpaired) electrons. The van der Waals surface area contributed by atoms with Gasteiger partial charge in [-0.25, -0.2) is 14.8 Å². The average Bonchev–Trinajstić information content (AvgIpc) is 2.94. The lowest BCUT2D eigenvalue weighted by Crippen LogP contribution is -2.52. The fraction of sp³-hybridized carbons (Fsp3) is 0.500. The van der Waals surface area contributed by atoms with E-state index in [2.05, 4.69) is 5.43 Å². The largest absolute Gasteiger partial charge is 0.297 e. The van der Waals surface area contributed by atoms with Crippen LogP contribution in [0.3, 0.4) is 0 Å². The van der Waals surface area contributed by atoms with Crippen molar-refractivity contribution in [2.45, 2.75) is 58.6 Å². The highest BCUT2D eigenvalue weighted by Crippen LogP contribution is 2.21. The zero-order chi connectivity index (χ0) is 20.5. The Balaban J connectivity index is 2.01. The number of fused-ring (bicyclic) bond motifs is 1. The van der Waals surface area contributed by atoms with Crippen molar-refractivity contribution in [2.75, 3.05) is 6.61 Å². The zero-order valence-corrected chi connectivity index (χ0v) is 16.2. The van der Waals surface area contributed by atoms with Crippen molar-refractivity contribution in [3.8, 4) is 0 Å². The molecule has 0 saturated heterocycles. The van der Waals surface area contributed by atoms with Crippen LogP contribution >= 0.6 is 0 Å². The molecule has 0 bridgehead atoms. The normalized spacial score (nSPS) is 14.3. The molecule has 0 fully saturated rings. The van der Waals surface area contributed by atoms with Crippen molar-refractivity contribution in [3.05, 3.63) is 35.4 Å². The van der Waals surface area contributed by atoms with Crippen molar-refractivity contribution in [1.29, 1.82) is 0 Å². The molecule has 28 heavy (non-hydrogen) atoms. The van der Waals surface area contributed by atoms with Gasteiger partial charge in [-0.3, -0.25) is 19.2 Å². The molecule has 1 aromatic carbocycles. The lowest BCUT2D eigenvalue weighted by atomic mass is 10.1. The molecular formula is C20H26N2O6. The summed E-state index contributed by atoms with van der Waals surface area (Å²) in [6.45, 7) is 3.60. The molecule has 152 valence electrons. The van der Waals surface area contributed by atoms with E-state index in [-0.39, 0.29) is 35.7 Å². The second-order valence-electron chi connectivity index (χ2n) is 6.57. The molecule has 1 N–H and O–H groups in total. The number of carbonyl (C=O) groups is 4. The standard InChI is InChI=1S/C20H26N2O6/c1-3-5-9-14(23)13-27-28-18(17(24)12-6-4-2)21-22-19(25)15-10-7-8-11-16(15)20(22)26/h7-8,10-11,18,21H,3-6,9,12-13H2,1-2H3. The number of ketones is 2. The van der Waals surface area contributed by atoms with E-state index in [1.54, 1.807) is 12.1 Å². The molecule has 2 amide bonds. The number of carbonyl (C=O) groups excluding carboxylic acids is 4. The van der Waals surface area contributed by atoms with Gasteiger partial charge in [-0.15, -0.1) is 0 Å². The SMILES string of the molecule is CCCCC(=O)COOC(NN1C(=O)c2ccccc2C1=O)C(=O)CCCC. The Morgan fingerprint density at radius 3 is 2.14 bits per heavy atom. The first-order chi connectivity index (χ1) is 13.5. The third kappa shape index (κ3) is 5.54. The minimum absolute atomic E-state index is 0.151. The van der Waals surface area contributed by atoms with Crippen molar-refractivity contribution < 1.29 is 29.0 Å². The van der Waals surface area contributed by atoms with Gasteiger partial charge >= 0.3 is 0 Å². The van der Waals surface area contributed by atoms with Crippen molar-refractivity contribution in [1.82, 2.24) is 10.4 Å². The van der Waals surface area contributed by atoms with Gasteiger partial charge in [-0.05, 0) is 25.0 Å². The van der Waals surface area contributed by atoms with Crippen LogP contribution in [0.5, 0.6) is 0 Å². The highest BCUT2D eigenvalue weighted by Gasteiger charge is 2.38. The fourth-order valence-corrected chi connectivity index (χ4v) is 2.67. The summed E-state index contributed by atoms with van der Waals surface area (Å²) in [4.78, 5) is 59.0. The number of Topliss-reactive ketones (excluding diaryl/α,β-unsaturated/α-hetero) is 2. The zero-order valence-electron chi connectivity index (χ0n) is 16.2. The Kier molecular flexibility index (Phi) is 8.43. The summed E-state index contributed by atoms with van der Waals surface area (Å²) < 4.78 is 0. The summed E-state index contributed by atoms with van der Waals surface area (Å²) in [5.41, 5.74) is 3.01. The minimum atomic E-state index is -1.37. The summed E-state index contributed by atoms with van der Waals surface area (Å²) in [5.74, 6) is -1.67. The van der Waals surface area contributed by atoms with E-state index in [0.717, 1.165) is 24.3 Å². The van der Waals surface area contributed by atoms with E-state index in [1.807, 2.05) is 13.8 Å². The van der Waals surface area contributed by atoms with E-state index < -0.39 is 18.0 Å². The Bertz CT molecular complexity index is 698. The second kappa shape index (κ2) is 10.8. The maximum atomic E-state index is 12.5. The van der Waals surface area contributed by atoms with Gasteiger partial charge < -0.3 is 0 Å². The van der Waals surface area contributed by atoms with E-state index in [0.29, 0.717) is 12.8 Å². The molecule has 1 aliphatic rings. The quantitative estimate of drug-likeness (QED) is 0.239. The Morgan fingerprint density at radius 1 is 1.00 bits per heavy atom. The van der Waals surface area contributed by atoms with Crippen LogP contribution in [0, 0.1) is 0 Å². The minimum Gasteiger partial charge on any atom is -0.297 e. The Labute approximate surface area is 164 Å². The number of imide groups is 1. The fourth-order valence-electron chi connectivity index (χ4n) is 2.67. The number of benzene rings is 1. The molecular weight excluding hydrogens is 364 g/mol. The van der Waals surface area contributed by atoms with Crippen LogP contribution < -0.4 is 5.43 Å². The number of hydrogen-bond donors (Lipinski definition) is 1. The van der Waals surface area contributed by atoms with E-state index >= 15 is 0 Å². The second-order valence-corrected chi connectivity index (χ2v) is 6.57. The van der Waals surface area contributed by atoms with Crippen LogP contribution in [0.1, 0.15) is 73.1 Å². The van der Waals surface area contributed by atoms with Gasteiger partial charge in [0.2, 0.25) is 6.23 Å². The van der Waals surface area contributed by atoms with Crippen LogP contribution in [0.15, 0.2) is 24.3 Å². The highest BCUT2D eigenvalue weighted by atomic mass is 17.2. The summed E-state index contributed by atoms with van der Waals surface area (Å²) in [7, 11) is 0. The van der Waals surface area contributed by atoms with Crippen LogP contribution in [0.25, 0.3) is 0 Å². The lowest BCUT2D eigenvalue weighted by molar-refractivity contribution is -0.320. The molecule has 0 aromatic heterocycles. The molecule has 8 nitrogen and oxygen atoms in total. The van der Waals surface area contributed by atoms with Gasteiger partial charge in [0, 0.05) is 12.8 Å². The maximum absolute atomic E-state index is 12.5. The summed E-state index contributed by atoms with van der Waals surface area (Å²) in [6, 6.07) is 6.38. The molecule has 1 aromatic rings. The summed E-state index contributed by atoms with van der Waals surface area (Å²) in [5, 5.41) is 0.751. The number of hydrogen-bond acceptors (Lipinski definition) is 7. The number of nitrogens with zero attached hydrogens (tertiary/aromatic N) is 1. The molecule has 1 atom stereocenters. The van der Waals surface area contributed by atoms with Crippen molar-refractivity contribution >= 4 is 23.4 Å². The third-order valence-electron chi connectivity index (χ3n) is 4.30. The van der Waals surface area contributed by atoms with Crippen LogP contribution in [-0.2, 0) is 19.4 Å². The van der Waals surface area contributed by atoms with Crippen molar-refractivity contribution in [2.24, 2.45) is 0 Å². The predicted molar refractivity (Wildman–Crippen MR) is 100.0 cm³/mol. The number of unbranched alkanes of at least 4 members (excludes halogenated alkanes) is 2. The topological polar surface area (TPSA) is 102 Å². The van der Waals surface area contributed by atoms with Gasteiger partial charge in [0.05, 0.1) is 11.1 Å². The molecule has 1 unspecified atom stereocenters. The maximum Gasteiger partial charge on any atom is 0.276 e. The molecule has 2 rings (SSSR count). The van der Waals surface area contributed by atoms with Crippen molar-refractivity contribution in [3.63, 3.8) is 0 Å². The third-order valence-corrected chi connectivity index (χ3v) is 4.30. The Morgan fingerprint density at radius 2 is 1.57 bits per heavy atom. The first-order valence-electron chi connectivity index (χ1n) is 9.56. The average molecular weight is 390 g/mol. The number of hydrazine groups is 1. The van der Waals surface area contributed by atoms with Gasteiger partial charge in [0.1, 0.15) is 6.61 Å².